The summed E-state index contributed by atoms with van der Waals surface area (Å²) in [6, 6.07) is 7.89. The van der Waals surface area contributed by atoms with Crippen molar-refractivity contribution in [3.63, 3.8) is 0 Å². The van der Waals surface area contributed by atoms with E-state index in [2.05, 4.69) is 10.1 Å². The van der Waals surface area contributed by atoms with Crippen molar-refractivity contribution in [1.82, 2.24) is 5.32 Å². The van der Waals surface area contributed by atoms with Gasteiger partial charge in [-0.2, -0.15) is 0 Å². The van der Waals surface area contributed by atoms with E-state index in [1.54, 1.807) is 18.2 Å². The smallest absolute Gasteiger partial charge is 0.344 e. The Morgan fingerprint density at radius 2 is 1.66 bits per heavy atom. The van der Waals surface area contributed by atoms with Crippen molar-refractivity contribution in [3.05, 3.63) is 58.9 Å². The Kier molecular flexibility index (Phi) is 7.84. The summed E-state index contributed by atoms with van der Waals surface area (Å²) in [6.45, 7) is -1.81. The fraction of sp³-hybridized carbons (Fsp3) is 0.167. The van der Waals surface area contributed by atoms with Crippen molar-refractivity contribution in [2.75, 3.05) is 25.1 Å². The monoisotopic (exact) mass is 430 g/mol. The van der Waals surface area contributed by atoms with Gasteiger partial charge in [0, 0.05) is 0 Å². The Hall–Kier alpha value is -3.27. The van der Waals surface area contributed by atoms with Gasteiger partial charge in [0.15, 0.2) is 30.7 Å². The minimum absolute atomic E-state index is 0.261. The Labute approximate surface area is 167 Å². The predicted molar refractivity (Wildman–Crippen MR) is 95.9 cm³/mol. The lowest BCUT2D eigenvalue weighted by Gasteiger charge is -2.09. The van der Waals surface area contributed by atoms with Gasteiger partial charge in [0.2, 0.25) is 5.91 Å². The number of hydrogen-bond donors (Lipinski definition) is 2. The van der Waals surface area contributed by atoms with E-state index in [-0.39, 0.29) is 5.75 Å². The molecule has 0 aromatic heterocycles. The molecule has 2 aromatic carbocycles. The highest BCUT2D eigenvalue weighted by Gasteiger charge is 2.16. The highest BCUT2D eigenvalue weighted by molar-refractivity contribution is 6.32. The van der Waals surface area contributed by atoms with Gasteiger partial charge in [-0.1, -0.05) is 23.7 Å². The van der Waals surface area contributed by atoms with Crippen LogP contribution < -0.4 is 15.4 Å². The molecular formula is C18H14ClF3N2O5. The lowest BCUT2D eigenvalue weighted by Crippen LogP contribution is -2.36. The molecule has 0 aliphatic rings. The molecule has 0 fully saturated rings. The average molecular weight is 431 g/mol. The number of carbonyl (C=O) groups is 3. The van der Waals surface area contributed by atoms with E-state index in [1.165, 1.54) is 6.07 Å². The summed E-state index contributed by atoms with van der Waals surface area (Å²) in [5.41, 5.74) is -0.591. The Morgan fingerprint density at radius 3 is 2.38 bits per heavy atom. The summed E-state index contributed by atoms with van der Waals surface area (Å²) >= 11 is 5.85. The molecule has 2 rings (SSSR count). The fourth-order valence-electron chi connectivity index (χ4n) is 1.93. The van der Waals surface area contributed by atoms with Crippen LogP contribution in [0.25, 0.3) is 0 Å². The fourth-order valence-corrected chi connectivity index (χ4v) is 2.12. The Morgan fingerprint density at radius 1 is 0.931 bits per heavy atom. The van der Waals surface area contributed by atoms with E-state index in [4.69, 9.17) is 16.3 Å². The molecule has 0 spiro atoms. The first-order valence-electron chi connectivity index (χ1n) is 8.01. The predicted octanol–water partition coefficient (Wildman–Crippen LogP) is 2.43. The number of carbonyl (C=O) groups excluding carboxylic acids is 3. The van der Waals surface area contributed by atoms with Crippen LogP contribution >= 0.6 is 11.6 Å². The number of amides is 2. The molecule has 0 radical (unpaired) electrons. The Bertz CT molecular complexity index is 926. The third kappa shape index (κ3) is 6.68. The third-order valence-electron chi connectivity index (χ3n) is 3.30. The van der Waals surface area contributed by atoms with E-state index in [0.717, 1.165) is 6.07 Å². The first kappa shape index (κ1) is 22.0. The zero-order valence-corrected chi connectivity index (χ0v) is 15.4. The van der Waals surface area contributed by atoms with Crippen molar-refractivity contribution in [3.8, 4) is 5.75 Å². The molecule has 0 heterocycles. The second-order valence-corrected chi connectivity index (χ2v) is 5.83. The van der Waals surface area contributed by atoms with Crippen molar-refractivity contribution in [2.24, 2.45) is 0 Å². The number of esters is 1. The van der Waals surface area contributed by atoms with Crippen LogP contribution in [0.1, 0.15) is 0 Å². The summed E-state index contributed by atoms with van der Waals surface area (Å²) in [5.74, 6) is -7.04. The number of ether oxygens (including phenoxy) is 2. The molecule has 154 valence electrons. The maximum absolute atomic E-state index is 13.5. The first-order valence-corrected chi connectivity index (χ1v) is 8.38. The molecule has 0 saturated carbocycles. The minimum Gasteiger partial charge on any atom is -0.480 e. The molecule has 0 aliphatic heterocycles. The van der Waals surface area contributed by atoms with Crippen molar-refractivity contribution >= 4 is 35.1 Å². The van der Waals surface area contributed by atoms with Gasteiger partial charge in [-0.3, -0.25) is 9.59 Å². The lowest BCUT2D eigenvalue weighted by molar-refractivity contribution is -0.150. The molecule has 0 bridgehead atoms. The van der Waals surface area contributed by atoms with Crippen molar-refractivity contribution in [2.45, 2.75) is 0 Å². The largest absolute Gasteiger partial charge is 0.480 e. The number of nitrogens with one attached hydrogen (secondary N) is 2. The molecule has 7 nitrogen and oxygen atoms in total. The van der Waals surface area contributed by atoms with Gasteiger partial charge in [0.05, 0.1) is 17.3 Å². The van der Waals surface area contributed by atoms with Crippen molar-refractivity contribution < 1.29 is 37.0 Å². The molecular weight excluding hydrogens is 417 g/mol. The summed E-state index contributed by atoms with van der Waals surface area (Å²) in [6.07, 6.45) is 0. The van der Waals surface area contributed by atoms with Crippen LogP contribution in [0.15, 0.2) is 36.4 Å². The molecule has 2 N–H and O–H groups in total. The van der Waals surface area contributed by atoms with Crippen LogP contribution in [0, 0.1) is 17.5 Å². The van der Waals surface area contributed by atoms with Crippen LogP contribution in [-0.4, -0.2) is 37.5 Å². The molecule has 0 saturated heterocycles. The van der Waals surface area contributed by atoms with Crippen LogP contribution in [0.2, 0.25) is 5.02 Å². The molecule has 11 heteroatoms. The summed E-state index contributed by atoms with van der Waals surface area (Å²) in [5, 5.41) is 4.37. The maximum atomic E-state index is 13.5. The molecule has 29 heavy (non-hydrogen) atoms. The summed E-state index contributed by atoms with van der Waals surface area (Å²) < 4.78 is 49.2. The van der Waals surface area contributed by atoms with E-state index in [1.807, 2.05) is 5.32 Å². The average Bonchev–Trinajstić information content (AvgIpc) is 2.70. The van der Waals surface area contributed by atoms with Crippen LogP contribution in [0.5, 0.6) is 5.75 Å². The molecule has 0 aliphatic carbocycles. The quantitative estimate of drug-likeness (QED) is 0.495. The Balaban J connectivity index is 1.70. The number of para-hydroxylation sites is 1. The third-order valence-corrected chi connectivity index (χ3v) is 3.61. The summed E-state index contributed by atoms with van der Waals surface area (Å²) in [4.78, 5) is 34.8. The number of benzene rings is 2. The van der Waals surface area contributed by atoms with Crippen molar-refractivity contribution in [1.29, 1.82) is 0 Å². The van der Waals surface area contributed by atoms with Gasteiger partial charge in [0.1, 0.15) is 5.75 Å². The first-order chi connectivity index (χ1) is 13.8. The van der Waals surface area contributed by atoms with Gasteiger partial charge >= 0.3 is 5.97 Å². The van der Waals surface area contributed by atoms with E-state index in [9.17, 15) is 27.6 Å². The molecule has 0 atom stereocenters. The van der Waals surface area contributed by atoms with Gasteiger partial charge in [-0.15, -0.1) is 0 Å². The standard InChI is InChI=1S/C18H14ClF3N2O5/c19-10-3-1-2-4-13(10)28-9-16(27)29-8-15(26)23-7-14(25)24-12-6-5-11(20)17(21)18(12)22/h1-6H,7-9H2,(H,23,26)(H,24,25). The van der Waals surface area contributed by atoms with Crippen LogP contribution in [0.3, 0.4) is 0 Å². The molecule has 0 unspecified atom stereocenters. The summed E-state index contributed by atoms with van der Waals surface area (Å²) in [7, 11) is 0. The van der Waals surface area contributed by atoms with Gasteiger partial charge in [0.25, 0.3) is 5.91 Å². The molecule has 2 aromatic rings. The maximum Gasteiger partial charge on any atom is 0.344 e. The highest BCUT2D eigenvalue weighted by atomic mass is 35.5. The normalized spacial score (nSPS) is 10.2. The molecule has 2 amide bonds. The zero-order chi connectivity index (χ0) is 21.4. The second-order valence-electron chi connectivity index (χ2n) is 5.43. The van der Waals surface area contributed by atoms with Crippen LogP contribution in [-0.2, 0) is 19.1 Å². The van der Waals surface area contributed by atoms with Gasteiger partial charge in [-0.25, -0.2) is 18.0 Å². The topological polar surface area (TPSA) is 93.7 Å². The van der Waals surface area contributed by atoms with E-state index >= 15 is 0 Å². The second kappa shape index (κ2) is 10.3. The number of rotatable bonds is 8. The lowest BCUT2D eigenvalue weighted by atomic mass is 10.2. The minimum atomic E-state index is -1.74. The highest BCUT2D eigenvalue weighted by Crippen LogP contribution is 2.23. The van der Waals surface area contributed by atoms with E-state index < -0.39 is 60.7 Å². The number of hydrogen-bond acceptors (Lipinski definition) is 5. The van der Waals surface area contributed by atoms with Gasteiger partial charge < -0.3 is 20.1 Å². The number of anilines is 1. The SMILES string of the molecule is O=C(COC(=O)COc1ccccc1Cl)NCC(=O)Nc1ccc(F)c(F)c1F. The zero-order valence-electron chi connectivity index (χ0n) is 14.6. The van der Waals surface area contributed by atoms with Crippen LogP contribution in [0.4, 0.5) is 18.9 Å². The van der Waals surface area contributed by atoms with E-state index in [0.29, 0.717) is 11.1 Å². The van der Waals surface area contributed by atoms with Gasteiger partial charge in [-0.05, 0) is 24.3 Å². The number of halogens is 4.